The summed E-state index contributed by atoms with van der Waals surface area (Å²) in [4.78, 5) is 28.8. The van der Waals surface area contributed by atoms with Crippen LogP contribution in [0.25, 0.3) is 0 Å². The number of aromatic nitrogens is 1. The van der Waals surface area contributed by atoms with Crippen molar-refractivity contribution in [3.05, 3.63) is 51.5 Å². The Bertz CT molecular complexity index is 772. The molecular weight excluding hydrogens is 338 g/mol. The standard InChI is InChI=1S/C18H21N3O3S/c1-10-9-25-18(20-10)16(23)13-5-3-12(4-6-13)11(2)21-17(24)15-7-14(22)8-19-15/h3-6,9,11,14-15,19,22H,7-8H2,1-2H3,(H,21,24)/t11-,14?,15?/m0/s1. The van der Waals surface area contributed by atoms with Gasteiger partial charge < -0.3 is 15.7 Å². The molecule has 0 saturated carbocycles. The van der Waals surface area contributed by atoms with Crippen LogP contribution in [0.15, 0.2) is 29.6 Å². The van der Waals surface area contributed by atoms with Crippen molar-refractivity contribution in [2.75, 3.05) is 6.54 Å². The number of carbonyl (C=O) groups excluding carboxylic acids is 2. The van der Waals surface area contributed by atoms with E-state index in [4.69, 9.17) is 0 Å². The monoisotopic (exact) mass is 359 g/mol. The fourth-order valence-electron chi connectivity index (χ4n) is 2.82. The molecule has 3 N–H and O–H groups in total. The first kappa shape index (κ1) is 17.7. The molecule has 1 aromatic carbocycles. The van der Waals surface area contributed by atoms with Crippen LogP contribution in [0, 0.1) is 6.92 Å². The number of amides is 1. The summed E-state index contributed by atoms with van der Waals surface area (Å²) in [5.74, 6) is -0.215. The van der Waals surface area contributed by atoms with Gasteiger partial charge in [-0.2, -0.15) is 0 Å². The zero-order chi connectivity index (χ0) is 18.0. The van der Waals surface area contributed by atoms with Crippen molar-refractivity contribution in [1.29, 1.82) is 0 Å². The maximum Gasteiger partial charge on any atom is 0.237 e. The second-order valence-electron chi connectivity index (χ2n) is 6.33. The van der Waals surface area contributed by atoms with E-state index in [1.54, 1.807) is 12.1 Å². The zero-order valence-electron chi connectivity index (χ0n) is 14.2. The van der Waals surface area contributed by atoms with Crippen LogP contribution in [0.5, 0.6) is 0 Å². The predicted molar refractivity (Wildman–Crippen MR) is 95.7 cm³/mol. The molecule has 1 saturated heterocycles. The number of thiazole rings is 1. The van der Waals surface area contributed by atoms with Crippen LogP contribution in [-0.2, 0) is 4.79 Å². The van der Waals surface area contributed by atoms with Crippen LogP contribution in [-0.4, -0.2) is 40.5 Å². The van der Waals surface area contributed by atoms with Gasteiger partial charge in [0.05, 0.1) is 18.2 Å². The van der Waals surface area contributed by atoms with Crippen LogP contribution >= 0.6 is 11.3 Å². The third kappa shape index (κ3) is 4.12. The normalized spacial score (nSPS) is 21.1. The minimum atomic E-state index is -0.467. The molecule has 0 radical (unpaired) electrons. The Morgan fingerprint density at radius 1 is 1.36 bits per heavy atom. The quantitative estimate of drug-likeness (QED) is 0.705. The summed E-state index contributed by atoms with van der Waals surface area (Å²) in [6.45, 7) is 4.20. The number of rotatable bonds is 5. The van der Waals surface area contributed by atoms with E-state index < -0.39 is 6.10 Å². The molecular formula is C18H21N3O3S. The average Bonchev–Trinajstić information content (AvgIpc) is 3.23. The van der Waals surface area contributed by atoms with Crippen LogP contribution < -0.4 is 10.6 Å². The molecule has 2 aromatic rings. The number of β-amino-alcohol motifs (C(OH)–C–C–N with tert-alkyl or cyclic N) is 1. The van der Waals surface area contributed by atoms with Crippen molar-refractivity contribution in [1.82, 2.24) is 15.6 Å². The Morgan fingerprint density at radius 3 is 2.64 bits per heavy atom. The second kappa shape index (κ2) is 7.43. The fraction of sp³-hybridized carbons (Fsp3) is 0.389. The highest BCUT2D eigenvalue weighted by Crippen LogP contribution is 2.18. The topological polar surface area (TPSA) is 91.3 Å². The van der Waals surface area contributed by atoms with E-state index in [0.717, 1.165) is 11.3 Å². The third-order valence-corrected chi connectivity index (χ3v) is 5.23. The Morgan fingerprint density at radius 2 is 2.08 bits per heavy atom. The molecule has 132 valence electrons. The highest BCUT2D eigenvalue weighted by molar-refractivity contribution is 7.12. The first-order valence-electron chi connectivity index (χ1n) is 8.22. The fourth-order valence-corrected chi connectivity index (χ4v) is 3.58. The lowest BCUT2D eigenvalue weighted by Gasteiger charge is -2.17. The van der Waals surface area contributed by atoms with E-state index in [0.29, 0.717) is 23.5 Å². The summed E-state index contributed by atoms with van der Waals surface area (Å²) >= 11 is 1.34. The van der Waals surface area contributed by atoms with E-state index in [-0.39, 0.29) is 23.8 Å². The molecule has 3 atom stereocenters. The summed E-state index contributed by atoms with van der Waals surface area (Å²) in [6.07, 6.45) is -0.0370. The van der Waals surface area contributed by atoms with E-state index in [9.17, 15) is 14.7 Å². The highest BCUT2D eigenvalue weighted by Gasteiger charge is 2.28. The Labute approximate surface area is 150 Å². The first-order valence-corrected chi connectivity index (χ1v) is 9.10. The summed E-state index contributed by atoms with van der Waals surface area (Å²) < 4.78 is 0. The van der Waals surface area contributed by atoms with Gasteiger partial charge in [0.15, 0.2) is 5.01 Å². The SMILES string of the molecule is Cc1csc(C(=O)c2ccc([C@H](C)NC(=O)C3CC(O)CN3)cc2)n1. The molecule has 1 aliphatic heterocycles. The number of hydrogen-bond donors (Lipinski definition) is 3. The predicted octanol–water partition coefficient (Wildman–Crippen LogP) is 1.58. The second-order valence-corrected chi connectivity index (χ2v) is 7.18. The van der Waals surface area contributed by atoms with Gasteiger partial charge in [-0.15, -0.1) is 11.3 Å². The summed E-state index contributed by atoms with van der Waals surface area (Å²) in [6, 6.07) is 6.67. The van der Waals surface area contributed by atoms with E-state index in [1.165, 1.54) is 11.3 Å². The van der Waals surface area contributed by atoms with Gasteiger partial charge in [-0.25, -0.2) is 4.98 Å². The molecule has 3 rings (SSSR count). The molecule has 2 unspecified atom stereocenters. The van der Waals surface area contributed by atoms with Crippen molar-refractivity contribution in [3.8, 4) is 0 Å². The van der Waals surface area contributed by atoms with Crippen molar-refractivity contribution < 1.29 is 14.7 Å². The maximum atomic E-state index is 12.4. The number of aliphatic hydroxyl groups excluding tert-OH is 1. The van der Waals surface area contributed by atoms with Crippen LogP contribution in [0.3, 0.4) is 0 Å². The molecule has 1 fully saturated rings. The van der Waals surface area contributed by atoms with Gasteiger partial charge >= 0.3 is 0 Å². The molecule has 7 heteroatoms. The lowest BCUT2D eigenvalue weighted by atomic mass is 10.0. The zero-order valence-corrected chi connectivity index (χ0v) is 15.0. The highest BCUT2D eigenvalue weighted by atomic mass is 32.1. The van der Waals surface area contributed by atoms with Crippen molar-refractivity contribution in [2.45, 2.75) is 38.5 Å². The summed E-state index contributed by atoms with van der Waals surface area (Å²) in [7, 11) is 0. The first-order chi connectivity index (χ1) is 11.9. The van der Waals surface area contributed by atoms with Crippen molar-refractivity contribution in [2.24, 2.45) is 0 Å². The molecule has 1 aliphatic rings. The molecule has 25 heavy (non-hydrogen) atoms. The number of nitrogens with one attached hydrogen (secondary N) is 2. The van der Waals surface area contributed by atoms with Gasteiger partial charge in [-0.05, 0) is 25.8 Å². The van der Waals surface area contributed by atoms with E-state index in [1.807, 2.05) is 31.4 Å². The molecule has 6 nitrogen and oxygen atoms in total. The number of benzene rings is 1. The van der Waals surface area contributed by atoms with E-state index in [2.05, 4.69) is 15.6 Å². The maximum absolute atomic E-state index is 12.4. The molecule has 1 amide bonds. The van der Waals surface area contributed by atoms with Gasteiger partial charge in [0.2, 0.25) is 11.7 Å². The number of carbonyl (C=O) groups is 2. The number of aliphatic hydroxyl groups is 1. The van der Waals surface area contributed by atoms with Crippen LogP contribution in [0.1, 0.15) is 46.0 Å². The average molecular weight is 359 g/mol. The number of ketones is 1. The van der Waals surface area contributed by atoms with Crippen LogP contribution in [0.4, 0.5) is 0 Å². The van der Waals surface area contributed by atoms with Crippen molar-refractivity contribution >= 4 is 23.0 Å². The Hall–Kier alpha value is -2.09. The Kier molecular flexibility index (Phi) is 5.27. The van der Waals surface area contributed by atoms with Gasteiger partial charge in [0.1, 0.15) is 0 Å². The number of hydrogen-bond acceptors (Lipinski definition) is 6. The van der Waals surface area contributed by atoms with Crippen molar-refractivity contribution in [3.63, 3.8) is 0 Å². The number of aryl methyl sites for hydroxylation is 1. The molecule has 0 aliphatic carbocycles. The molecule has 1 aromatic heterocycles. The van der Waals surface area contributed by atoms with Gasteiger partial charge in [0.25, 0.3) is 0 Å². The molecule has 0 bridgehead atoms. The number of nitrogens with zero attached hydrogens (tertiary/aromatic N) is 1. The molecule has 0 spiro atoms. The lowest BCUT2D eigenvalue weighted by Crippen LogP contribution is -2.41. The van der Waals surface area contributed by atoms with Gasteiger partial charge in [-0.3, -0.25) is 9.59 Å². The minimum Gasteiger partial charge on any atom is -0.392 e. The van der Waals surface area contributed by atoms with Crippen LogP contribution in [0.2, 0.25) is 0 Å². The summed E-state index contributed by atoms with van der Waals surface area (Å²) in [5, 5.41) is 17.8. The van der Waals surface area contributed by atoms with E-state index >= 15 is 0 Å². The smallest absolute Gasteiger partial charge is 0.237 e. The minimum absolute atomic E-state index is 0.0921. The molecule has 2 heterocycles. The van der Waals surface area contributed by atoms with Gasteiger partial charge in [-0.1, -0.05) is 24.3 Å². The largest absolute Gasteiger partial charge is 0.392 e. The van der Waals surface area contributed by atoms with Gasteiger partial charge in [0, 0.05) is 23.2 Å². The lowest BCUT2D eigenvalue weighted by molar-refractivity contribution is -0.123. The Balaban J connectivity index is 1.63. The third-order valence-electron chi connectivity index (χ3n) is 4.27. The summed E-state index contributed by atoms with van der Waals surface area (Å²) in [5.41, 5.74) is 2.34.